The summed E-state index contributed by atoms with van der Waals surface area (Å²) < 4.78 is 10.9. The van der Waals surface area contributed by atoms with Crippen molar-refractivity contribution in [2.75, 3.05) is 19.8 Å². The largest absolute Gasteiger partial charge is 0.352 e. The predicted octanol–water partition coefficient (Wildman–Crippen LogP) is 0.965. The van der Waals surface area contributed by atoms with Gasteiger partial charge in [0.15, 0.2) is 5.79 Å². The van der Waals surface area contributed by atoms with E-state index in [2.05, 4.69) is 10.3 Å². The SMILES string of the molecule is CC1(CCNC(=O)c2cccnc2)OCCO1. The maximum Gasteiger partial charge on any atom is 0.252 e. The minimum atomic E-state index is -0.553. The van der Waals surface area contributed by atoms with Crippen molar-refractivity contribution < 1.29 is 14.3 Å². The zero-order valence-corrected chi connectivity index (χ0v) is 9.81. The van der Waals surface area contributed by atoms with Gasteiger partial charge in [-0.05, 0) is 19.1 Å². The number of amides is 1. The third kappa shape index (κ3) is 3.25. The van der Waals surface area contributed by atoms with Crippen LogP contribution in [-0.2, 0) is 9.47 Å². The van der Waals surface area contributed by atoms with Gasteiger partial charge in [-0.25, -0.2) is 0 Å². The summed E-state index contributed by atoms with van der Waals surface area (Å²) in [4.78, 5) is 15.6. The van der Waals surface area contributed by atoms with Gasteiger partial charge < -0.3 is 14.8 Å². The summed E-state index contributed by atoms with van der Waals surface area (Å²) in [6.07, 6.45) is 3.82. The minimum absolute atomic E-state index is 0.125. The highest BCUT2D eigenvalue weighted by atomic mass is 16.7. The lowest BCUT2D eigenvalue weighted by Crippen LogP contribution is -2.33. The van der Waals surface area contributed by atoms with Crippen LogP contribution in [0.5, 0.6) is 0 Å². The lowest BCUT2D eigenvalue weighted by Gasteiger charge is -2.22. The van der Waals surface area contributed by atoms with Crippen LogP contribution in [0.15, 0.2) is 24.5 Å². The Labute approximate surface area is 100 Å². The lowest BCUT2D eigenvalue weighted by atomic mass is 10.2. The molecular weight excluding hydrogens is 220 g/mol. The molecule has 1 saturated heterocycles. The molecule has 92 valence electrons. The highest BCUT2D eigenvalue weighted by Crippen LogP contribution is 2.21. The molecule has 0 atom stereocenters. The molecule has 1 fully saturated rings. The first-order chi connectivity index (χ1) is 8.20. The smallest absolute Gasteiger partial charge is 0.252 e. The average Bonchev–Trinajstić information content (AvgIpc) is 2.77. The second-order valence-corrected chi connectivity index (χ2v) is 4.08. The summed E-state index contributed by atoms with van der Waals surface area (Å²) in [5.41, 5.74) is 0.561. The molecule has 0 aromatic carbocycles. The van der Waals surface area contributed by atoms with Gasteiger partial charge in [-0.1, -0.05) is 0 Å². The van der Waals surface area contributed by atoms with Gasteiger partial charge in [0.1, 0.15) is 0 Å². The van der Waals surface area contributed by atoms with Crippen LogP contribution in [0.25, 0.3) is 0 Å². The number of rotatable bonds is 4. The quantitative estimate of drug-likeness (QED) is 0.846. The van der Waals surface area contributed by atoms with Crippen molar-refractivity contribution in [3.05, 3.63) is 30.1 Å². The van der Waals surface area contributed by atoms with Gasteiger partial charge in [0, 0.05) is 25.4 Å². The molecule has 1 aliphatic heterocycles. The van der Waals surface area contributed by atoms with E-state index in [4.69, 9.17) is 9.47 Å². The Morgan fingerprint density at radius 3 is 2.94 bits per heavy atom. The van der Waals surface area contributed by atoms with Crippen molar-refractivity contribution in [3.8, 4) is 0 Å². The number of nitrogens with zero attached hydrogens (tertiary/aromatic N) is 1. The molecule has 5 heteroatoms. The van der Waals surface area contributed by atoms with E-state index in [1.807, 2.05) is 6.92 Å². The third-order valence-corrected chi connectivity index (χ3v) is 2.69. The van der Waals surface area contributed by atoms with Crippen molar-refractivity contribution in [1.82, 2.24) is 10.3 Å². The Morgan fingerprint density at radius 2 is 2.29 bits per heavy atom. The Balaban J connectivity index is 1.77. The molecule has 5 nitrogen and oxygen atoms in total. The number of aromatic nitrogens is 1. The van der Waals surface area contributed by atoms with Gasteiger partial charge in [-0.3, -0.25) is 9.78 Å². The summed E-state index contributed by atoms with van der Waals surface area (Å²) in [5, 5.41) is 2.81. The van der Waals surface area contributed by atoms with E-state index in [0.717, 1.165) is 0 Å². The van der Waals surface area contributed by atoms with E-state index in [1.165, 1.54) is 0 Å². The molecule has 0 bridgehead atoms. The number of carbonyl (C=O) groups excluding carboxylic acids is 1. The first-order valence-electron chi connectivity index (χ1n) is 5.66. The van der Waals surface area contributed by atoms with E-state index in [-0.39, 0.29) is 5.91 Å². The monoisotopic (exact) mass is 236 g/mol. The van der Waals surface area contributed by atoms with Gasteiger partial charge in [0.25, 0.3) is 5.91 Å². The van der Waals surface area contributed by atoms with Crippen molar-refractivity contribution >= 4 is 5.91 Å². The van der Waals surface area contributed by atoms with Crippen molar-refractivity contribution in [2.24, 2.45) is 0 Å². The molecule has 0 unspecified atom stereocenters. The Morgan fingerprint density at radius 1 is 1.53 bits per heavy atom. The summed E-state index contributed by atoms with van der Waals surface area (Å²) in [6.45, 7) is 3.64. The molecule has 2 heterocycles. The average molecular weight is 236 g/mol. The van der Waals surface area contributed by atoms with Crippen LogP contribution in [0.3, 0.4) is 0 Å². The normalized spacial score (nSPS) is 17.9. The van der Waals surface area contributed by atoms with Crippen LogP contribution in [0.4, 0.5) is 0 Å². The van der Waals surface area contributed by atoms with E-state index in [0.29, 0.717) is 31.7 Å². The molecule has 0 radical (unpaired) electrons. The van der Waals surface area contributed by atoms with E-state index >= 15 is 0 Å². The fraction of sp³-hybridized carbons (Fsp3) is 0.500. The second kappa shape index (κ2) is 5.25. The van der Waals surface area contributed by atoms with E-state index in [9.17, 15) is 4.79 Å². The van der Waals surface area contributed by atoms with Crippen molar-refractivity contribution in [3.63, 3.8) is 0 Å². The molecule has 0 aliphatic carbocycles. The summed E-state index contributed by atoms with van der Waals surface area (Å²) >= 11 is 0. The van der Waals surface area contributed by atoms with E-state index in [1.54, 1.807) is 24.5 Å². The molecule has 1 aromatic heterocycles. The topological polar surface area (TPSA) is 60.5 Å². The number of ether oxygens (including phenoxy) is 2. The maximum absolute atomic E-state index is 11.7. The van der Waals surface area contributed by atoms with Crippen molar-refractivity contribution in [2.45, 2.75) is 19.1 Å². The molecule has 0 saturated carbocycles. The molecular formula is C12H16N2O3. The number of nitrogens with one attached hydrogen (secondary N) is 1. The van der Waals surface area contributed by atoms with Crippen molar-refractivity contribution in [1.29, 1.82) is 0 Å². The van der Waals surface area contributed by atoms with Crippen LogP contribution in [0, 0.1) is 0 Å². The Hall–Kier alpha value is -1.46. The zero-order chi connectivity index (χ0) is 12.1. The van der Waals surface area contributed by atoms with Crippen LogP contribution < -0.4 is 5.32 Å². The van der Waals surface area contributed by atoms with Crippen LogP contribution >= 0.6 is 0 Å². The number of pyridine rings is 1. The molecule has 1 amide bonds. The first kappa shape index (κ1) is 12.0. The zero-order valence-electron chi connectivity index (χ0n) is 9.81. The van der Waals surface area contributed by atoms with Gasteiger partial charge in [-0.15, -0.1) is 0 Å². The predicted molar refractivity (Wildman–Crippen MR) is 61.5 cm³/mol. The van der Waals surface area contributed by atoms with Gasteiger partial charge >= 0.3 is 0 Å². The van der Waals surface area contributed by atoms with Crippen LogP contribution in [0.1, 0.15) is 23.7 Å². The molecule has 1 N–H and O–H groups in total. The Bertz CT molecular complexity index is 375. The third-order valence-electron chi connectivity index (χ3n) is 2.69. The Kier molecular flexibility index (Phi) is 3.71. The molecule has 17 heavy (non-hydrogen) atoms. The highest BCUT2D eigenvalue weighted by molar-refractivity contribution is 5.93. The highest BCUT2D eigenvalue weighted by Gasteiger charge is 2.30. The molecule has 0 spiro atoms. The van der Waals surface area contributed by atoms with Crippen LogP contribution in [0.2, 0.25) is 0 Å². The summed E-state index contributed by atoms with van der Waals surface area (Å²) in [7, 11) is 0. The standard InChI is InChI=1S/C12H16N2O3/c1-12(16-7-8-17-12)4-6-14-11(15)10-3-2-5-13-9-10/h2-3,5,9H,4,6-8H2,1H3,(H,14,15). The lowest BCUT2D eigenvalue weighted by molar-refractivity contribution is -0.145. The summed E-state index contributed by atoms with van der Waals surface area (Å²) in [5.74, 6) is -0.679. The first-order valence-corrected chi connectivity index (χ1v) is 5.66. The van der Waals surface area contributed by atoms with Gasteiger partial charge in [-0.2, -0.15) is 0 Å². The summed E-state index contributed by atoms with van der Waals surface area (Å²) in [6, 6.07) is 3.46. The van der Waals surface area contributed by atoms with Crippen LogP contribution in [-0.4, -0.2) is 36.4 Å². The molecule has 1 aliphatic rings. The second-order valence-electron chi connectivity index (χ2n) is 4.08. The number of carbonyl (C=O) groups is 1. The number of hydrogen-bond acceptors (Lipinski definition) is 4. The van der Waals surface area contributed by atoms with Gasteiger partial charge in [0.2, 0.25) is 0 Å². The fourth-order valence-corrected chi connectivity index (χ4v) is 1.70. The van der Waals surface area contributed by atoms with Gasteiger partial charge in [0.05, 0.1) is 18.8 Å². The number of hydrogen-bond donors (Lipinski definition) is 1. The molecule has 1 aromatic rings. The molecule has 2 rings (SSSR count). The maximum atomic E-state index is 11.7. The fourth-order valence-electron chi connectivity index (χ4n) is 1.70. The van der Waals surface area contributed by atoms with E-state index < -0.39 is 5.79 Å². The minimum Gasteiger partial charge on any atom is -0.352 e.